The van der Waals surface area contributed by atoms with Crippen LogP contribution in [0.1, 0.15) is 32.9 Å². The number of rotatable bonds is 6. The third-order valence-corrected chi connectivity index (χ3v) is 2.94. The van der Waals surface area contributed by atoms with Gasteiger partial charge in [-0.1, -0.05) is 0 Å². The molecule has 0 unspecified atom stereocenters. The highest BCUT2D eigenvalue weighted by molar-refractivity contribution is 5.74. The molecule has 0 fully saturated rings. The Morgan fingerprint density at radius 2 is 2.21 bits per heavy atom. The molecule has 0 aliphatic heterocycles. The standard InChI is InChI=1S/C14H25N3O2/c1-11(7-8-12-6-5-9-17(12)4)16-13(18)15-10-14(2,3)19/h5-6,9,11,19H,7-8,10H2,1-4H3,(H2,15,16,18)/t11-/m0/s1. The average molecular weight is 267 g/mol. The van der Waals surface area contributed by atoms with E-state index in [1.165, 1.54) is 5.69 Å². The van der Waals surface area contributed by atoms with Crippen LogP contribution < -0.4 is 10.6 Å². The van der Waals surface area contributed by atoms with Gasteiger partial charge in [0.05, 0.1) is 5.60 Å². The summed E-state index contributed by atoms with van der Waals surface area (Å²) in [5.41, 5.74) is 0.370. The Bertz CT molecular complexity index is 407. The first-order chi connectivity index (χ1) is 8.78. The van der Waals surface area contributed by atoms with Crippen LogP contribution in [-0.2, 0) is 13.5 Å². The molecule has 0 spiro atoms. The lowest BCUT2D eigenvalue weighted by molar-refractivity contribution is 0.0818. The van der Waals surface area contributed by atoms with Crippen molar-refractivity contribution in [1.29, 1.82) is 0 Å². The number of carbonyl (C=O) groups excluding carboxylic acids is 1. The lowest BCUT2D eigenvalue weighted by atomic mass is 10.1. The van der Waals surface area contributed by atoms with Gasteiger partial charge >= 0.3 is 6.03 Å². The maximum absolute atomic E-state index is 11.6. The molecule has 3 N–H and O–H groups in total. The number of hydrogen-bond acceptors (Lipinski definition) is 2. The summed E-state index contributed by atoms with van der Waals surface area (Å²) in [5, 5.41) is 15.0. The molecule has 0 aliphatic rings. The third-order valence-electron chi connectivity index (χ3n) is 2.94. The van der Waals surface area contributed by atoms with Crippen molar-refractivity contribution in [2.75, 3.05) is 6.54 Å². The Hall–Kier alpha value is -1.49. The lowest BCUT2D eigenvalue weighted by Gasteiger charge is -2.20. The zero-order valence-electron chi connectivity index (χ0n) is 12.2. The van der Waals surface area contributed by atoms with Crippen molar-refractivity contribution in [3.8, 4) is 0 Å². The SMILES string of the molecule is C[C@@H](CCc1cccn1C)NC(=O)NCC(C)(C)O. The molecule has 1 aromatic rings. The molecule has 0 radical (unpaired) electrons. The molecule has 5 nitrogen and oxygen atoms in total. The topological polar surface area (TPSA) is 66.3 Å². The van der Waals surface area contributed by atoms with E-state index >= 15 is 0 Å². The van der Waals surface area contributed by atoms with E-state index < -0.39 is 5.60 Å². The highest BCUT2D eigenvalue weighted by Gasteiger charge is 2.14. The van der Waals surface area contributed by atoms with Crippen molar-refractivity contribution in [3.05, 3.63) is 24.0 Å². The van der Waals surface area contributed by atoms with Gasteiger partial charge in [0.2, 0.25) is 0 Å². The van der Waals surface area contributed by atoms with E-state index in [9.17, 15) is 9.90 Å². The molecule has 2 amide bonds. The maximum atomic E-state index is 11.6. The maximum Gasteiger partial charge on any atom is 0.315 e. The average Bonchev–Trinajstić information content (AvgIpc) is 2.69. The number of aromatic nitrogens is 1. The van der Waals surface area contributed by atoms with Crippen molar-refractivity contribution < 1.29 is 9.90 Å². The smallest absolute Gasteiger partial charge is 0.315 e. The highest BCUT2D eigenvalue weighted by Crippen LogP contribution is 2.05. The second kappa shape index (κ2) is 6.61. The van der Waals surface area contributed by atoms with Crippen molar-refractivity contribution >= 4 is 6.03 Å². The summed E-state index contributed by atoms with van der Waals surface area (Å²) in [6.45, 7) is 5.54. The zero-order valence-corrected chi connectivity index (χ0v) is 12.2. The van der Waals surface area contributed by atoms with Crippen LogP contribution in [-0.4, -0.2) is 33.9 Å². The number of aryl methyl sites for hydroxylation is 2. The van der Waals surface area contributed by atoms with Crippen molar-refractivity contribution in [2.45, 2.75) is 45.3 Å². The normalized spacial score (nSPS) is 13.1. The van der Waals surface area contributed by atoms with Gasteiger partial charge in [-0.25, -0.2) is 4.79 Å². The van der Waals surface area contributed by atoms with E-state index in [1.807, 2.05) is 26.2 Å². The van der Waals surface area contributed by atoms with Crippen LogP contribution in [0.25, 0.3) is 0 Å². The molecule has 0 aromatic carbocycles. The molecule has 0 saturated heterocycles. The summed E-state index contributed by atoms with van der Waals surface area (Å²) in [6.07, 6.45) is 3.83. The summed E-state index contributed by atoms with van der Waals surface area (Å²) in [4.78, 5) is 11.6. The van der Waals surface area contributed by atoms with Crippen LogP contribution in [0.2, 0.25) is 0 Å². The van der Waals surface area contributed by atoms with E-state index in [2.05, 4.69) is 21.3 Å². The number of urea groups is 1. The Balaban J connectivity index is 2.25. The molecular formula is C14H25N3O2. The summed E-state index contributed by atoms with van der Waals surface area (Å²) in [5.74, 6) is 0. The van der Waals surface area contributed by atoms with Crippen LogP contribution in [0, 0.1) is 0 Å². The number of nitrogens with one attached hydrogen (secondary N) is 2. The van der Waals surface area contributed by atoms with Crippen molar-refractivity contribution in [3.63, 3.8) is 0 Å². The number of aliphatic hydroxyl groups is 1. The largest absolute Gasteiger partial charge is 0.389 e. The molecule has 0 bridgehead atoms. The van der Waals surface area contributed by atoms with Crippen LogP contribution in [0.15, 0.2) is 18.3 Å². The van der Waals surface area contributed by atoms with E-state index in [4.69, 9.17) is 0 Å². The molecule has 1 rings (SSSR count). The molecule has 0 saturated carbocycles. The lowest BCUT2D eigenvalue weighted by Crippen LogP contribution is -2.46. The first kappa shape index (κ1) is 15.6. The number of carbonyl (C=O) groups is 1. The van der Waals surface area contributed by atoms with Gasteiger partial charge in [0, 0.05) is 31.5 Å². The predicted molar refractivity (Wildman–Crippen MR) is 76.0 cm³/mol. The molecule has 0 aliphatic carbocycles. The van der Waals surface area contributed by atoms with E-state index in [0.717, 1.165) is 12.8 Å². The zero-order chi connectivity index (χ0) is 14.5. The molecule has 1 aromatic heterocycles. The minimum Gasteiger partial charge on any atom is -0.389 e. The first-order valence-electron chi connectivity index (χ1n) is 6.65. The van der Waals surface area contributed by atoms with Crippen LogP contribution in [0.3, 0.4) is 0 Å². The number of hydrogen-bond donors (Lipinski definition) is 3. The van der Waals surface area contributed by atoms with Crippen molar-refractivity contribution in [1.82, 2.24) is 15.2 Å². The van der Waals surface area contributed by atoms with Gasteiger partial charge in [-0.15, -0.1) is 0 Å². The number of amides is 2. The van der Waals surface area contributed by atoms with Gasteiger partial charge < -0.3 is 20.3 Å². The summed E-state index contributed by atoms with van der Waals surface area (Å²) in [6, 6.07) is 3.96. The van der Waals surface area contributed by atoms with Crippen molar-refractivity contribution in [2.24, 2.45) is 7.05 Å². The van der Waals surface area contributed by atoms with Crippen LogP contribution in [0.5, 0.6) is 0 Å². The van der Waals surface area contributed by atoms with Gasteiger partial charge in [-0.3, -0.25) is 0 Å². The first-order valence-corrected chi connectivity index (χ1v) is 6.65. The molecule has 108 valence electrons. The summed E-state index contributed by atoms with van der Waals surface area (Å²) >= 11 is 0. The van der Waals surface area contributed by atoms with Gasteiger partial charge in [0.25, 0.3) is 0 Å². The number of nitrogens with zero attached hydrogens (tertiary/aromatic N) is 1. The summed E-state index contributed by atoms with van der Waals surface area (Å²) < 4.78 is 2.08. The Kier molecular flexibility index (Phi) is 5.42. The van der Waals surface area contributed by atoms with Gasteiger partial charge in [0.1, 0.15) is 0 Å². The minimum absolute atomic E-state index is 0.0942. The van der Waals surface area contributed by atoms with E-state index in [1.54, 1.807) is 13.8 Å². The fraction of sp³-hybridized carbons (Fsp3) is 0.643. The third kappa shape index (κ3) is 6.29. The van der Waals surface area contributed by atoms with E-state index in [0.29, 0.717) is 0 Å². The molecule has 1 atom stereocenters. The molecular weight excluding hydrogens is 242 g/mol. The minimum atomic E-state index is -0.885. The molecule has 5 heteroatoms. The monoisotopic (exact) mass is 267 g/mol. The van der Waals surface area contributed by atoms with Crippen LogP contribution >= 0.6 is 0 Å². The predicted octanol–water partition coefficient (Wildman–Crippen LogP) is 1.42. The van der Waals surface area contributed by atoms with Gasteiger partial charge in [0.15, 0.2) is 0 Å². The fourth-order valence-electron chi connectivity index (χ4n) is 1.76. The van der Waals surface area contributed by atoms with E-state index in [-0.39, 0.29) is 18.6 Å². The Morgan fingerprint density at radius 3 is 2.74 bits per heavy atom. The Morgan fingerprint density at radius 1 is 1.53 bits per heavy atom. The molecule has 19 heavy (non-hydrogen) atoms. The van der Waals surface area contributed by atoms with Crippen LogP contribution in [0.4, 0.5) is 4.79 Å². The van der Waals surface area contributed by atoms with Gasteiger partial charge in [-0.2, -0.15) is 0 Å². The second-order valence-corrected chi connectivity index (χ2v) is 5.69. The highest BCUT2D eigenvalue weighted by atomic mass is 16.3. The Labute approximate surface area is 115 Å². The molecule has 1 heterocycles. The fourth-order valence-corrected chi connectivity index (χ4v) is 1.76. The van der Waals surface area contributed by atoms with Gasteiger partial charge in [-0.05, 0) is 45.7 Å². The second-order valence-electron chi connectivity index (χ2n) is 5.69. The quantitative estimate of drug-likeness (QED) is 0.729. The summed E-state index contributed by atoms with van der Waals surface area (Å²) in [7, 11) is 2.02.